The molecule has 0 amide bonds. The maximum atomic E-state index is 5.38. The topological polar surface area (TPSA) is 21.3 Å². The Kier molecular flexibility index (Phi) is 2.91. The summed E-state index contributed by atoms with van der Waals surface area (Å²) in [6, 6.07) is 0.346. The van der Waals surface area contributed by atoms with Gasteiger partial charge >= 0.3 is 0 Å². The van der Waals surface area contributed by atoms with Crippen molar-refractivity contribution in [3.63, 3.8) is 0 Å². The summed E-state index contributed by atoms with van der Waals surface area (Å²) < 4.78 is 5.38. The Morgan fingerprint density at radius 1 is 1.50 bits per heavy atom. The predicted molar refractivity (Wildman–Crippen MR) is 51.2 cm³/mol. The highest BCUT2D eigenvalue weighted by atomic mass is 16.5. The van der Waals surface area contributed by atoms with Crippen LogP contribution >= 0.6 is 0 Å². The second-order valence-electron chi connectivity index (χ2n) is 4.36. The molecule has 70 valence electrons. The van der Waals surface area contributed by atoms with Crippen molar-refractivity contribution in [3.8, 4) is 0 Å². The highest BCUT2D eigenvalue weighted by Gasteiger charge is 2.24. The van der Waals surface area contributed by atoms with Gasteiger partial charge in [-0.3, -0.25) is 0 Å². The zero-order valence-corrected chi connectivity index (χ0v) is 8.31. The minimum atomic E-state index is 0.179. The molecule has 0 aliphatic carbocycles. The first-order chi connectivity index (χ1) is 5.52. The van der Waals surface area contributed by atoms with Gasteiger partial charge in [-0.25, -0.2) is 0 Å². The Morgan fingerprint density at radius 3 is 2.58 bits per heavy atom. The largest absolute Gasteiger partial charge is 0.378 e. The SMILES string of the molecule is C=C(C1COCCN1)C(C)(C)C. The summed E-state index contributed by atoms with van der Waals surface area (Å²) in [5.74, 6) is 0. The second kappa shape index (κ2) is 3.58. The normalized spacial score (nSPS) is 25.4. The van der Waals surface area contributed by atoms with Crippen LogP contribution in [0, 0.1) is 5.41 Å². The van der Waals surface area contributed by atoms with E-state index in [2.05, 4.69) is 32.7 Å². The maximum Gasteiger partial charge on any atom is 0.0658 e. The van der Waals surface area contributed by atoms with Gasteiger partial charge in [0.15, 0.2) is 0 Å². The molecule has 2 nitrogen and oxygen atoms in total. The molecule has 1 unspecified atom stereocenters. The molecule has 0 aromatic heterocycles. The lowest BCUT2D eigenvalue weighted by Gasteiger charge is -2.32. The van der Waals surface area contributed by atoms with Crippen LogP contribution in [0.4, 0.5) is 0 Å². The molecule has 0 aromatic rings. The van der Waals surface area contributed by atoms with Crippen LogP contribution < -0.4 is 5.32 Å². The summed E-state index contributed by atoms with van der Waals surface area (Å²) in [6.07, 6.45) is 0. The molecule has 2 heteroatoms. The van der Waals surface area contributed by atoms with Crippen molar-refractivity contribution in [2.24, 2.45) is 5.41 Å². The van der Waals surface area contributed by atoms with E-state index in [1.165, 1.54) is 5.57 Å². The number of hydrogen-bond acceptors (Lipinski definition) is 2. The van der Waals surface area contributed by atoms with Crippen LogP contribution in [0.15, 0.2) is 12.2 Å². The van der Waals surface area contributed by atoms with Crippen LogP contribution in [-0.2, 0) is 4.74 Å². The monoisotopic (exact) mass is 169 g/mol. The lowest BCUT2D eigenvalue weighted by Crippen LogP contribution is -2.44. The number of morpholine rings is 1. The van der Waals surface area contributed by atoms with Gasteiger partial charge in [0.1, 0.15) is 0 Å². The number of hydrogen-bond donors (Lipinski definition) is 1. The molecule has 1 N–H and O–H groups in total. The van der Waals surface area contributed by atoms with Gasteiger partial charge in [0.05, 0.1) is 19.3 Å². The van der Waals surface area contributed by atoms with Gasteiger partial charge in [0.25, 0.3) is 0 Å². The molecule has 1 aliphatic heterocycles. The van der Waals surface area contributed by atoms with Crippen molar-refractivity contribution >= 4 is 0 Å². The minimum Gasteiger partial charge on any atom is -0.378 e. The lowest BCUT2D eigenvalue weighted by atomic mass is 9.83. The van der Waals surface area contributed by atoms with Crippen molar-refractivity contribution in [3.05, 3.63) is 12.2 Å². The predicted octanol–water partition coefficient (Wildman–Crippen LogP) is 1.58. The van der Waals surface area contributed by atoms with Crippen LogP contribution in [0.3, 0.4) is 0 Å². The fourth-order valence-electron chi connectivity index (χ4n) is 1.31. The van der Waals surface area contributed by atoms with Crippen LogP contribution in [-0.4, -0.2) is 25.8 Å². The van der Waals surface area contributed by atoms with Crippen molar-refractivity contribution in [2.75, 3.05) is 19.8 Å². The number of rotatable bonds is 1. The van der Waals surface area contributed by atoms with E-state index in [0.717, 1.165) is 19.8 Å². The molecule has 1 fully saturated rings. The van der Waals surface area contributed by atoms with Gasteiger partial charge < -0.3 is 10.1 Å². The third-order valence-electron chi connectivity index (χ3n) is 2.31. The van der Waals surface area contributed by atoms with Crippen LogP contribution in [0.2, 0.25) is 0 Å². The van der Waals surface area contributed by atoms with Gasteiger partial charge in [-0.2, -0.15) is 0 Å². The maximum absolute atomic E-state index is 5.38. The Balaban J connectivity index is 2.51. The van der Waals surface area contributed by atoms with E-state index in [9.17, 15) is 0 Å². The van der Waals surface area contributed by atoms with Crippen LogP contribution in [0.25, 0.3) is 0 Å². The molecule has 0 spiro atoms. The average molecular weight is 169 g/mol. The molecular formula is C10H19NO. The van der Waals surface area contributed by atoms with Crippen LogP contribution in [0.1, 0.15) is 20.8 Å². The van der Waals surface area contributed by atoms with Gasteiger partial charge in [-0.1, -0.05) is 32.9 Å². The number of ether oxygens (including phenoxy) is 1. The smallest absolute Gasteiger partial charge is 0.0658 e. The molecule has 1 saturated heterocycles. The number of nitrogens with one attached hydrogen (secondary N) is 1. The fraction of sp³-hybridized carbons (Fsp3) is 0.800. The third kappa shape index (κ3) is 2.32. The zero-order chi connectivity index (χ0) is 9.19. The Hall–Kier alpha value is -0.340. The second-order valence-corrected chi connectivity index (χ2v) is 4.36. The summed E-state index contributed by atoms with van der Waals surface area (Å²) in [5.41, 5.74) is 1.42. The highest BCUT2D eigenvalue weighted by Crippen LogP contribution is 2.26. The summed E-state index contributed by atoms with van der Waals surface area (Å²) in [7, 11) is 0. The zero-order valence-electron chi connectivity index (χ0n) is 8.31. The quantitative estimate of drug-likeness (QED) is 0.602. The standard InChI is InChI=1S/C10H19NO/c1-8(10(2,3)4)9-7-12-6-5-11-9/h9,11H,1,5-7H2,2-4H3. The highest BCUT2D eigenvalue weighted by molar-refractivity contribution is 5.14. The van der Waals surface area contributed by atoms with E-state index < -0.39 is 0 Å². The molecule has 1 rings (SSSR count). The Morgan fingerprint density at radius 2 is 2.17 bits per heavy atom. The van der Waals surface area contributed by atoms with Gasteiger partial charge in [-0.05, 0) is 5.41 Å². The van der Waals surface area contributed by atoms with Gasteiger partial charge in [0.2, 0.25) is 0 Å². The van der Waals surface area contributed by atoms with E-state index in [0.29, 0.717) is 6.04 Å². The Bertz CT molecular complexity index is 163. The van der Waals surface area contributed by atoms with Crippen LogP contribution in [0.5, 0.6) is 0 Å². The van der Waals surface area contributed by atoms with Gasteiger partial charge in [0, 0.05) is 6.54 Å². The van der Waals surface area contributed by atoms with Crippen molar-refractivity contribution in [2.45, 2.75) is 26.8 Å². The molecule has 1 atom stereocenters. The first-order valence-electron chi connectivity index (χ1n) is 4.52. The van der Waals surface area contributed by atoms with Crippen molar-refractivity contribution in [1.29, 1.82) is 0 Å². The molecule has 0 radical (unpaired) electrons. The van der Waals surface area contributed by atoms with E-state index in [1.807, 2.05) is 0 Å². The summed E-state index contributed by atoms with van der Waals surface area (Å²) >= 11 is 0. The Labute approximate surface area is 75.0 Å². The van der Waals surface area contributed by atoms with E-state index in [-0.39, 0.29) is 5.41 Å². The minimum absolute atomic E-state index is 0.179. The van der Waals surface area contributed by atoms with Gasteiger partial charge in [-0.15, -0.1) is 0 Å². The molecule has 12 heavy (non-hydrogen) atoms. The molecule has 0 saturated carbocycles. The molecule has 0 aromatic carbocycles. The van der Waals surface area contributed by atoms with E-state index in [4.69, 9.17) is 4.74 Å². The van der Waals surface area contributed by atoms with E-state index in [1.54, 1.807) is 0 Å². The first-order valence-corrected chi connectivity index (χ1v) is 4.52. The summed E-state index contributed by atoms with van der Waals surface area (Å²) in [4.78, 5) is 0. The fourth-order valence-corrected chi connectivity index (χ4v) is 1.31. The molecule has 0 bridgehead atoms. The molecule has 1 aliphatic rings. The summed E-state index contributed by atoms with van der Waals surface area (Å²) in [5, 5.41) is 3.40. The molecular weight excluding hydrogens is 150 g/mol. The molecule has 1 heterocycles. The lowest BCUT2D eigenvalue weighted by molar-refractivity contribution is 0.0820. The third-order valence-corrected chi connectivity index (χ3v) is 2.31. The summed E-state index contributed by atoms with van der Waals surface area (Å²) in [6.45, 7) is 13.2. The van der Waals surface area contributed by atoms with Crippen molar-refractivity contribution in [1.82, 2.24) is 5.32 Å². The van der Waals surface area contributed by atoms with Crippen molar-refractivity contribution < 1.29 is 4.74 Å². The first kappa shape index (κ1) is 9.75. The van der Waals surface area contributed by atoms with E-state index >= 15 is 0 Å². The average Bonchev–Trinajstić information content (AvgIpc) is 2.03.